The fourth-order valence-electron chi connectivity index (χ4n) is 3.79. The van der Waals surface area contributed by atoms with Crippen LogP contribution in [0.25, 0.3) is 0 Å². The second-order valence-electron chi connectivity index (χ2n) is 5.70. The van der Waals surface area contributed by atoms with E-state index >= 15 is 0 Å². The lowest BCUT2D eigenvalue weighted by molar-refractivity contribution is -0.0944. The molecule has 0 spiro atoms. The molecule has 0 aromatic heterocycles. The Morgan fingerprint density at radius 3 is 2.39 bits per heavy atom. The van der Waals surface area contributed by atoms with Crippen molar-refractivity contribution in [3.05, 3.63) is 0 Å². The first-order chi connectivity index (χ1) is 8.76. The summed E-state index contributed by atoms with van der Waals surface area (Å²) in [5.41, 5.74) is 6.22. The minimum absolute atomic E-state index is 0.0751. The fraction of sp³-hybridized carbons (Fsp3) is 1.00. The lowest BCUT2D eigenvalue weighted by Crippen LogP contribution is -2.64. The van der Waals surface area contributed by atoms with Crippen LogP contribution in [0.3, 0.4) is 0 Å². The molecular formula is C14H28N2O2. The SMILES string of the molecule is COC1CCN(C2(CN)CCCCC2OC)CC1. The summed E-state index contributed by atoms with van der Waals surface area (Å²) >= 11 is 0. The molecule has 106 valence electrons. The molecule has 1 heterocycles. The number of hydrogen-bond acceptors (Lipinski definition) is 4. The highest BCUT2D eigenvalue weighted by Gasteiger charge is 2.45. The number of nitrogens with two attached hydrogens (primary N) is 1. The number of ether oxygens (including phenoxy) is 2. The van der Waals surface area contributed by atoms with Crippen molar-refractivity contribution < 1.29 is 9.47 Å². The number of nitrogens with zero attached hydrogens (tertiary/aromatic N) is 1. The first kappa shape index (κ1) is 14.3. The summed E-state index contributed by atoms with van der Waals surface area (Å²) in [6.07, 6.45) is 7.85. The van der Waals surface area contributed by atoms with Crippen molar-refractivity contribution in [1.29, 1.82) is 0 Å². The van der Waals surface area contributed by atoms with Gasteiger partial charge < -0.3 is 15.2 Å². The molecule has 0 bridgehead atoms. The molecule has 4 nitrogen and oxygen atoms in total. The molecule has 1 saturated heterocycles. The Morgan fingerprint density at radius 1 is 1.11 bits per heavy atom. The minimum Gasteiger partial charge on any atom is -0.381 e. The Kier molecular flexibility index (Phi) is 5.01. The summed E-state index contributed by atoms with van der Waals surface area (Å²) in [5.74, 6) is 0. The third-order valence-corrected chi connectivity index (χ3v) is 4.97. The molecule has 0 aromatic rings. The van der Waals surface area contributed by atoms with E-state index < -0.39 is 0 Å². The van der Waals surface area contributed by atoms with Crippen molar-refractivity contribution in [3.8, 4) is 0 Å². The third kappa shape index (κ3) is 2.57. The number of hydrogen-bond donors (Lipinski definition) is 1. The van der Waals surface area contributed by atoms with Gasteiger partial charge in [-0.15, -0.1) is 0 Å². The standard InChI is InChI=1S/C14H28N2O2/c1-17-12-6-9-16(10-7-12)14(11-15)8-4-3-5-13(14)18-2/h12-13H,3-11,15H2,1-2H3. The number of piperidine rings is 1. The second kappa shape index (κ2) is 6.33. The largest absolute Gasteiger partial charge is 0.381 e. The molecule has 1 aliphatic heterocycles. The lowest BCUT2D eigenvalue weighted by Gasteiger charge is -2.52. The Labute approximate surface area is 111 Å². The summed E-state index contributed by atoms with van der Waals surface area (Å²) in [4.78, 5) is 2.58. The number of rotatable bonds is 4. The van der Waals surface area contributed by atoms with Crippen molar-refractivity contribution >= 4 is 0 Å². The average Bonchev–Trinajstić information content (AvgIpc) is 2.47. The molecule has 2 unspecified atom stereocenters. The van der Waals surface area contributed by atoms with Crippen LogP contribution in [-0.4, -0.2) is 56.5 Å². The topological polar surface area (TPSA) is 47.7 Å². The fourth-order valence-corrected chi connectivity index (χ4v) is 3.79. The molecule has 4 heteroatoms. The quantitative estimate of drug-likeness (QED) is 0.825. The maximum absolute atomic E-state index is 6.15. The molecule has 0 amide bonds. The molecule has 2 fully saturated rings. The van der Waals surface area contributed by atoms with Crippen molar-refractivity contribution in [1.82, 2.24) is 4.90 Å². The van der Waals surface area contributed by atoms with Crippen molar-refractivity contribution in [3.63, 3.8) is 0 Å². The predicted octanol–water partition coefficient (Wildman–Crippen LogP) is 1.38. The van der Waals surface area contributed by atoms with Crippen LogP contribution in [0.5, 0.6) is 0 Å². The van der Waals surface area contributed by atoms with Crippen LogP contribution in [0.2, 0.25) is 0 Å². The molecule has 18 heavy (non-hydrogen) atoms. The summed E-state index contributed by atoms with van der Waals surface area (Å²) in [6, 6.07) is 0. The normalized spacial score (nSPS) is 35.8. The maximum Gasteiger partial charge on any atom is 0.0767 e. The van der Waals surface area contributed by atoms with Crippen molar-refractivity contribution in [2.75, 3.05) is 33.9 Å². The van der Waals surface area contributed by atoms with E-state index in [9.17, 15) is 0 Å². The lowest BCUT2D eigenvalue weighted by atomic mass is 9.76. The zero-order valence-electron chi connectivity index (χ0n) is 11.9. The van der Waals surface area contributed by atoms with E-state index in [-0.39, 0.29) is 5.54 Å². The number of methoxy groups -OCH3 is 2. The number of likely N-dealkylation sites (tertiary alicyclic amines) is 1. The smallest absolute Gasteiger partial charge is 0.0767 e. The molecule has 2 N–H and O–H groups in total. The van der Waals surface area contributed by atoms with E-state index in [2.05, 4.69) is 4.90 Å². The van der Waals surface area contributed by atoms with E-state index in [1.807, 2.05) is 14.2 Å². The van der Waals surface area contributed by atoms with E-state index in [0.717, 1.165) is 32.4 Å². The highest BCUT2D eigenvalue weighted by Crippen LogP contribution is 2.36. The van der Waals surface area contributed by atoms with E-state index in [1.165, 1.54) is 19.3 Å². The van der Waals surface area contributed by atoms with E-state index in [0.29, 0.717) is 18.8 Å². The summed E-state index contributed by atoms with van der Waals surface area (Å²) in [6.45, 7) is 2.90. The maximum atomic E-state index is 6.15. The van der Waals surface area contributed by atoms with Gasteiger partial charge in [0.05, 0.1) is 17.7 Å². The van der Waals surface area contributed by atoms with Gasteiger partial charge in [0.1, 0.15) is 0 Å². The third-order valence-electron chi connectivity index (χ3n) is 4.97. The molecule has 2 aliphatic rings. The van der Waals surface area contributed by atoms with Crippen LogP contribution in [0.1, 0.15) is 38.5 Å². The van der Waals surface area contributed by atoms with Gasteiger partial charge in [0.2, 0.25) is 0 Å². The molecule has 0 aromatic carbocycles. The molecule has 1 aliphatic carbocycles. The van der Waals surface area contributed by atoms with Gasteiger partial charge in [0.15, 0.2) is 0 Å². The highest BCUT2D eigenvalue weighted by atomic mass is 16.5. The Balaban J connectivity index is 2.06. The van der Waals surface area contributed by atoms with Gasteiger partial charge >= 0.3 is 0 Å². The molecule has 1 saturated carbocycles. The average molecular weight is 256 g/mol. The van der Waals surface area contributed by atoms with Gasteiger partial charge in [-0.05, 0) is 25.7 Å². The minimum atomic E-state index is 0.0751. The van der Waals surface area contributed by atoms with Gasteiger partial charge in [0.25, 0.3) is 0 Å². The van der Waals surface area contributed by atoms with Crippen molar-refractivity contribution in [2.24, 2.45) is 5.73 Å². The second-order valence-corrected chi connectivity index (χ2v) is 5.70. The van der Waals surface area contributed by atoms with Gasteiger partial charge in [0, 0.05) is 33.9 Å². The van der Waals surface area contributed by atoms with E-state index in [4.69, 9.17) is 15.2 Å². The van der Waals surface area contributed by atoms with Gasteiger partial charge in [-0.3, -0.25) is 4.90 Å². The Bertz CT molecular complexity index is 254. The molecule has 2 rings (SSSR count). The van der Waals surface area contributed by atoms with Crippen molar-refractivity contribution in [2.45, 2.75) is 56.3 Å². The molecule has 0 radical (unpaired) electrons. The van der Waals surface area contributed by atoms with Crippen LogP contribution >= 0.6 is 0 Å². The predicted molar refractivity (Wildman–Crippen MR) is 72.7 cm³/mol. The Hall–Kier alpha value is -0.160. The van der Waals surface area contributed by atoms with Crippen LogP contribution in [-0.2, 0) is 9.47 Å². The first-order valence-electron chi connectivity index (χ1n) is 7.27. The zero-order valence-corrected chi connectivity index (χ0v) is 11.9. The first-order valence-corrected chi connectivity index (χ1v) is 7.27. The van der Waals surface area contributed by atoms with E-state index in [1.54, 1.807) is 0 Å². The summed E-state index contributed by atoms with van der Waals surface area (Å²) < 4.78 is 11.2. The van der Waals surface area contributed by atoms with Crippen LogP contribution in [0.4, 0.5) is 0 Å². The van der Waals surface area contributed by atoms with Crippen LogP contribution in [0.15, 0.2) is 0 Å². The van der Waals surface area contributed by atoms with Crippen LogP contribution < -0.4 is 5.73 Å². The molecular weight excluding hydrogens is 228 g/mol. The monoisotopic (exact) mass is 256 g/mol. The highest BCUT2D eigenvalue weighted by molar-refractivity contribution is 5.02. The summed E-state index contributed by atoms with van der Waals surface area (Å²) in [5, 5.41) is 0. The molecule has 2 atom stereocenters. The van der Waals surface area contributed by atoms with Crippen LogP contribution in [0, 0.1) is 0 Å². The van der Waals surface area contributed by atoms with Gasteiger partial charge in [-0.2, -0.15) is 0 Å². The summed E-state index contributed by atoms with van der Waals surface area (Å²) in [7, 11) is 3.65. The van der Waals surface area contributed by atoms with Gasteiger partial charge in [-0.1, -0.05) is 12.8 Å². The van der Waals surface area contributed by atoms with Gasteiger partial charge in [-0.25, -0.2) is 0 Å². The zero-order chi connectivity index (χ0) is 13.0. The Morgan fingerprint density at radius 2 is 1.83 bits per heavy atom.